The number of thiazole rings is 1. The predicted molar refractivity (Wildman–Crippen MR) is 76.4 cm³/mol. The van der Waals surface area contributed by atoms with Gasteiger partial charge in [0.25, 0.3) is 0 Å². The fourth-order valence-electron chi connectivity index (χ4n) is 1.59. The van der Waals surface area contributed by atoms with E-state index in [2.05, 4.69) is 4.98 Å². The Morgan fingerprint density at radius 3 is 2.86 bits per heavy atom. The van der Waals surface area contributed by atoms with Crippen molar-refractivity contribution in [2.24, 2.45) is 0 Å². The second-order valence-corrected chi connectivity index (χ2v) is 6.22. The van der Waals surface area contributed by atoms with Crippen LogP contribution in [-0.4, -0.2) is 21.0 Å². The van der Waals surface area contributed by atoms with Crippen molar-refractivity contribution in [3.63, 3.8) is 0 Å². The maximum absolute atomic E-state index is 13.9. The van der Waals surface area contributed by atoms with E-state index in [1.165, 1.54) is 12.1 Å². The summed E-state index contributed by atoms with van der Waals surface area (Å²) >= 11 is 2.14. The van der Waals surface area contributed by atoms with Crippen molar-refractivity contribution >= 4 is 34.8 Å². The van der Waals surface area contributed by atoms with Crippen LogP contribution in [0.5, 0.6) is 0 Å². The Balaban J connectivity index is 2.17. The summed E-state index contributed by atoms with van der Waals surface area (Å²) in [5, 5.41) is 19.6. The van der Waals surface area contributed by atoms with Gasteiger partial charge in [-0.15, -0.1) is 11.3 Å². The third kappa shape index (κ3) is 3.37. The summed E-state index contributed by atoms with van der Waals surface area (Å²) in [4.78, 5) is 25.0. The number of halogens is 1. The molecule has 0 fully saturated rings. The molecule has 1 heterocycles. The number of aryl methyl sites for hydroxylation is 1. The van der Waals surface area contributed by atoms with Gasteiger partial charge in [-0.2, -0.15) is 4.39 Å². The fraction of sp³-hybridized carbons (Fsp3) is 0.167. The second kappa shape index (κ2) is 6.19. The minimum absolute atomic E-state index is 0.136. The lowest BCUT2D eigenvalue weighted by atomic mass is 10.2. The first-order valence-electron chi connectivity index (χ1n) is 5.65. The molecule has 0 amide bonds. The fourth-order valence-corrected chi connectivity index (χ4v) is 3.59. The predicted octanol–water partition coefficient (Wildman–Crippen LogP) is 3.49. The molecular formula is C12H9FN2O4S2. The van der Waals surface area contributed by atoms with Gasteiger partial charge < -0.3 is 5.11 Å². The van der Waals surface area contributed by atoms with Crippen LogP contribution in [0.15, 0.2) is 22.5 Å². The van der Waals surface area contributed by atoms with Gasteiger partial charge in [0.2, 0.25) is 5.82 Å². The summed E-state index contributed by atoms with van der Waals surface area (Å²) in [6.45, 7) is 1.58. The number of nitro benzene ring substituents is 1. The number of thioether (sulfide) groups is 1. The molecule has 0 atom stereocenters. The van der Waals surface area contributed by atoms with E-state index >= 15 is 0 Å². The molecule has 0 saturated heterocycles. The highest BCUT2D eigenvalue weighted by molar-refractivity contribution is 8.00. The van der Waals surface area contributed by atoms with Gasteiger partial charge in [-0.05, 0) is 6.92 Å². The van der Waals surface area contributed by atoms with Gasteiger partial charge in [0.05, 0.1) is 10.6 Å². The van der Waals surface area contributed by atoms with Crippen LogP contribution >= 0.6 is 23.1 Å². The monoisotopic (exact) mass is 328 g/mol. The van der Waals surface area contributed by atoms with Gasteiger partial charge >= 0.3 is 11.7 Å². The summed E-state index contributed by atoms with van der Waals surface area (Å²) in [5.41, 5.74) is 0.00286. The Kier molecular flexibility index (Phi) is 4.53. The molecule has 2 aromatic rings. The van der Waals surface area contributed by atoms with Crippen molar-refractivity contribution in [2.75, 3.05) is 0 Å². The van der Waals surface area contributed by atoms with Crippen LogP contribution in [0.2, 0.25) is 0 Å². The number of carboxylic acids is 1. The van der Waals surface area contributed by atoms with E-state index < -0.39 is 22.4 Å². The normalized spacial score (nSPS) is 10.6. The highest BCUT2D eigenvalue weighted by atomic mass is 32.2. The van der Waals surface area contributed by atoms with E-state index in [9.17, 15) is 19.3 Å². The number of hydrogen-bond donors (Lipinski definition) is 1. The van der Waals surface area contributed by atoms with Gasteiger partial charge in [-0.3, -0.25) is 10.1 Å². The molecule has 0 spiro atoms. The van der Waals surface area contributed by atoms with Crippen LogP contribution in [-0.2, 0) is 5.75 Å². The molecule has 21 heavy (non-hydrogen) atoms. The highest BCUT2D eigenvalue weighted by Gasteiger charge is 2.18. The van der Waals surface area contributed by atoms with Crippen LogP contribution in [0.25, 0.3) is 0 Å². The van der Waals surface area contributed by atoms with Crippen LogP contribution in [0.1, 0.15) is 20.9 Å². The zero-order chi connectivity index (χ0) is 15.6. The van der Waals surface area contributed by atoms with E-state index in [1.807, 2.05) is 0 Å². The van der Waals surface area contributed by atoms with E-state index in [1.54, 1.807) is 6.92 Å². The molecule has 0 bridgehead atoms. The van der Waals surface area contributed by atoms with Crippen LogP contribution in [0.3, 0.4) is 0 Å². The van der Waals surface area contributed by atoms with Gasteiger partial charge in [-0.25, -0.2) is 9.78 Å². The minimum atomic E-state index is -1.06. The average molecular weight is 328 g/mol. The lowest BCUT2D eigenvalue weighted by molar-refractivity contribution is -0.387. The summed E-state index contributed by atoms with van der Waals surface area (Å²) < 4.78 is 14.4. The van der Waals surface area contributed by atoms with Crippen LogP contribution < -0.4 is 0 Å². The first-order chi connectivity index (χ1) is 9.90. The number of benzene rings is 1. The number of hydrogen-bond acceptors (Lipinski definition) is 6. The zero-order valence-corrected chi connectivity index (χ0v) is 12.3. The van der Waals surface area contributed by atoms with Gasteiger partial charge in [0, 0.05) is 17.4 Å². The largest absolute Gasteiger partial charge is 0.477 e. The van der Waals surface area contributed by atoms with Gasteiger partial charge in [-0.1, -0.05) is 23.9 Å². The summed E-state index contributed by atoms with van der Waals surface area (Å²) in [6.07, 6.45) is 0. The lowest BCUT2D eigenvalue weighted by Gasteiger charge is -2.01. The number of aromatic carboxylic acids is 1. The summed E-state index contributed by atoms with van der Waals surface area (Å²) in [6, 6.07) is 3.96. The quantitative estimate of drug-likeness (QED) is 0.513. The Hall–Kier alpha value is -2.00. The minimum Gasteiger partial charge on any atom is -0.477 e. The van der Waals surface area contributed by atoms with Crippen molar-refractivity contribution in [3.8, 4) is 0 Å². The third-order valence-corrected chi connectivity index (χ3v) is 4.91. The van der Waals surface area contributed by atoms with E-state index in [0.29, 0.717) is 10.0 Å². The number of nitrogens with zero attached hydrogens (tertiary/aromatic N) is 2. The molecular weight excluding hydrogens is 319 g/mol. The molecule has 1 aromatic carbocycles. The standard InChI is InChI=1S/C12H9FN2O4S2/c1-6-10(11(16)17)21-12(14-6)20-5-7-3-2-4-8(9(7)13)15(18)19/h2-4H,5H2,1H3,(H,16,17). The van der Waals surface area contributed by atoms with Crippen molar-refractivity contribution < 1.29 is 19.2 Å². The Morgan fingerprint density at radius 2 is 2.29 bits per heavy atom. The van der Waals surface area contributed by atoms with Crippen molar-refractivity contribution in [2.45, 2.75) is 17.0 Å². The highest BCUT2D eigenvalue weighted by Crippen LogP contribution is 2.31. The number of aromatic nitrogens is 1. The molecule has 2 rings (SSSR count). The SMILES string of the molecule is Cc1nc(SCc2cccc([N+](=O)[O-])c2F)sc1C(=O)O. The van der Waals surface area contributed by atoms with Crippen molar-refractivity contribution in [3.05, 3.63) is 50.3 Å². The molecule has 110 valence electrons. The second-order valence-electron chi connectivity index (χ2n) is 4.00. The Labute approximate surface area is 126 Å². The third-order valence-electron chi connectivity index (χ3n) is 2.58. The van der Waals surface area contributed by atoms with Crippen LogP contribution in [0, 0.1) is 22.9 Å². The molecule has 0 aliphatic rings. The topological polar surface area (TPSA) is 93.3 Å². The van der Waals surface area contributed by atoms with E-state index in [-0.39, 0.29) is 16.2 Å². The molecule has 0 saturated carbocycles. The first kappa shape index (κ1) is 15.4. The van der Waals surface area contributed by atoms with Crippen molar-refractivity contribution in [1.82, 2.24) is 4.98 Å². The van der Waals surface area contributed by atoms with Crippen LogP contribution in [0.4, 0.5) is 10.1 Å². The van der Waals surface area contributed by atoms with E-state index in [0.717, 1.165) is 29.2 Å². The molecule has 0 aliphatic heterocycles. The number of nitro groups is 1. The van der Waals surface area contributed by atoms with Crippen molar-refractivity contribution in [1.29, 1.82) is 0 Å². The molecule has 1 aromatic heterocycles. The Morgan fingerprint density at radius 1 is 1.57 bits per heavy atom. The first-order valence-corrected chi connectivity index (χ1v) is 7.45. The molecule has 0 unspecified atom stereocenters. The average Bonchev–Trinajstić information content (AvgIpc) is 2.78. The van der Waals surface area contributed by atoms with Gasteiger partial charge in [0.15, 0.2) is 4.34 Å². The lowest BCUT2D eigenvalue weighted by Crippen LogP contribution is -1.96. The summed E-state index contributed by atoms with van der Waals surface area (Å²) in [7, 11) is 0. The molecule has 0 radical (unpaired) electrons. The molecule has 9 heteroatoms. The molecule has 1 N–H and O–H groups in total. The summed E-state index contributed by atoms with van der Waals surface area (Å²) in [5.74, 6) is -1.79. The molecule has 0 aliphatic carbocycles. The number of carboxylic acid groups (broad SMARTS) is 1. The Bertz CT molecular complexity index is 717. The smallest absolute Gasteiger partial charge is 0.347 e. The number of carbonyl (C=O) groups is 1. The molecule has 6 nitrogen and oxygen atoms in total. The number of rotatable bonds is 5. The van der Waals surface area contributed by atoms with E-state index in [4.69, 9.17) is 5.11 Å². The maximum atomic E-state index is 13.9. The van der Waals surface area contributed by atoms with Gasteiger partial charge in [0.1, 0.15) is 4.88 Å². The maximum Gasteiger partial charge on any atom is 0.347 e. The zero-order valence-electron chi connectivity index (χ0n) is 10.7.